The Kier molecular flexibility index (Phi) is 3.00. The van der Waals surface area contributed by atoms with Gasteiger partial charge in [-0.1, -0.05) is 18.2 Å². The molecule has 5 nitrogen and oxygen atoms in total. The lowest BCUT2D eigenvalue weighted by Crippen LogP contribution is -2.13. The van der Waals surface area contributed by atoms with Crippen molar-refractivity contribution in [3.63, 3.8) is 0 Å². The van der Waals surface area contributed by atoms with Crippen LogP contribution >= 0.6 is 22.6 Å². The fraction of sp³-hybridized carbons (Fsp3) is 0.0625. The van der Waals surface area contributed by atoms with Gasteiger partial charge in [0.05, 0.1) is 5.69 Å². The van der Waals surface area contributed by atoms with Crippen LogP contribution in [0.5, 0.6) is 0 Å². The van der Waals surface area contributed by atoms with Gasteiger partial charge in [-0.3, -0.25) is 4.79 Å². The van der Waals surface area contributed by atoms with E-state index in [0.29, 0.717) is 11.4 Å². The highest BCUT2D eigenvalue weighted by Crippen LogP contribution is 2.43. The van der Waals surface area contributed by atoms with E-state index in [1.54, 1.807) is 0 Å². The Morgan fingerprint density at radius 2 is 1.95 bits per heavy atom. The van der Waals surface area contributed by atoms with Gasteiger partial charge in [-0.25, -0.2) is 0 Å². The van der Waals surface area contributed by atoms with E-state index in [0.717, 1.165) is 25.7 Å². The topological polar surface area (TPSA) is 74.3 Å². The maximum Gasteiger partial charge on any atom is 0.238 e. The van der Waals surface area contributed by atoms with Crippen LogP contribution < -0.4 is 5.32 Å². The number of hydrogen-bond donors (Lipinski definition) is 2. The first-order chi connectivity index (χ1) is 10.7. The number of rotatable bonds is 2. The normalized spacial score (nSPS) is 16.6. The molecule has 0 radical (unpaired) electrons. The third-order valence-electron chi connectivity index (χ3n) is 3.93. The van der Waals surface area contributed by atoms with Crippen LogP contribution in [0.4, 0.5) is 11.4 Å². The van der Waals surface area contributed by atoms with Crippen molar-refractivity contribution in [2.45, 2.75) is 5.92 Å². The van der Waals surface area contributed by atoms with E-state index in [2.05, 4.69) is 38.1 Å². The van der Waals surface area contributed by atoms with Crippen molar-refractivity contribution in [1.82, 2.24) is 4.98 Å². The number of carbonyl (C=O) groups is 1. The van der Waals surface area contributed by atoms with Gasteiger partial charge in [0.1, 0.15) is 11.6 Å². The third-order valence-corrected chi connectivity index (χ3v) is 4.60. The monoisotopic (exact) mass is 403 g/mol. The molecule has 0 fully saturated rings. The molecular formula is C16H10IN3O2. The highest BCUT2D eigenvalue weighted by Gasteiger charge is 2.35. The molecule has 1 aromatic heterocycles. The summed E-state index contributed by atoms with van der Waals surface area (Å²) >= 11 is 2.21. The molecule has 1 amide bonds. The van der Waals surface area contributed by atoms with Gasteiger partial charge < -0.3 is 10.3 Å². The molecule has 0 aliphatic carbocycles. The third kappa shape index (κ3) is 1.87. The number of fused-ring (bicyclic) bond motifs is 2. The molecule has 0 saturated carbocycles. The molecule has 1 atom stereocenters. The summed E-state index contributed by atoms with van der Waals surface area (Å²) in [7, 11) is 0. The van der Waals surface area contributed by atoms with Crippen LogP contribution in [0.15, 0.2) is 47.6 Å². The molecule has 0 saturated heterocycles. The van der Waals surface area contributed by atoms with Gasteiger partial charge >= 0.3 is 0 Å². The van der Waals surface area contributed by atoms with Crippen molar-refractivity contribution in [3.8, 4) is 0 Å². The SMILES string of the molecule is O=Nc1c(C2C(=O)Nc3ccc(I)cc32)[nH]c2ccccc12. The van der Waals surface area contributed by atoms with Gasteiger partial charge in [-0.15, -0.1) is 4.91 Å². The molecule has 2 aromatic carbocycles. The van der Waals surface area contributed by atoms with Crippen LogP contribution in [0.2, 0.25) is 0 Å². The molecule has 2 N–H and O–H groups in total. The lowest BCUT2D eigenvalue weighted by molar-refractivity contribution is -0.116. The second-order valence-corrected chi connectivity index (χ2v) is 6.42. The quantitative estimate of drug-likeness (QED) is 0.496. The minimum Gasteiger partial charge on any atom is -0.356 e. The number of anilines is 1. The standard InChI is InChI=1S/C16H10IN3O2/c17-8-5-6-12-10(7-8)13(16(21)19-12)15-14(20-22)9-3-1-2-4-11(9)18-15/h1-7,13,18H,(H,19,21). The summed E-state index contributed by atoms with van der Waals surface area (Å²) in [5, 5.41) is 6.77. The molecule has 108 valence electrons. The second kappa shape index (κ2) is 4.91. The molecule has 22 heavy (non-hydrogen) atoms. The van der Waals surface area contributed by atoms with Crippen molar-refractivity contribution in [2.75, 3.05) is 5.32 Å². The number of benzene rings is 2. The molecule has 2 heterocycles. The minimum atomic E-state index is -0.537. The van der Waals surface area contributed by atoms with E-state index < -0.39 is 5.92 Å². The van der Waals surface area contributed by atoms with Crippen molar-refractivity contribution < 1.29 is 4.79 Å². The number of halogens is 1. The zero-order valence-corrected chi connectivity index (χ0v) is 13.4. The highest BCUT2D eigenvalue weighted by molar-refractivity contribution is 14.1. The highest BCUT2D eigenvalue weighted by atomic mass is 127. The Morgan fingerprint density at radius 3 is 2.77 bits per heavy atom. The van der Waals surface area contributed by atoms with E-state index in [-0.39, 0.29) is 5.91 Å². The van der Waals surface area contributed by atoms with Crippen LogP contribution in [0.1, 0.15) is 17.2 Å². The first kappa shape index (κ1) is 13.4. The number of carbonyl (C=O) groups excluding carboxylic acids is 1. The largest absolute Gasteiger partial charge is 0.356 e. The number of nitrogens with one attached hydrogen (secondary N) is 2. The first-order valence-electron chi connectivity index (χ1n) is 6.73. The van der Waals surface area contributed by atoms with Gasteiger partial charge in [-0.2, -0.15) is 0 Å². The van der Waals surface area contributed by atoms with E-state index in [4.69, 9.17) is 0 Å². The molecular weight excluding hydrogens is 393 g/mol. The fourth-order valence-electron chi connectivity index (χ4n) is 2.97. The Labute approximate surface area is 139 Å². The summed E-state index contributed by atoms with van der Waals surface area (Å²) in [6.45, 7) is 0. The number of aromatic nitrogens is 1. The molecule has 4 rings (SSSR count). The Bertz CT molecular complexity index is 932. The van der Waals surface area contributed by atoms with Crippen molar-refractivity contribution in [2.24, 2.45) is 5.18 Å². The molecule has 0 bridgehead atoms. The predicted octanol–water partition coefficient (Wildman–Crippen LogP) is 4.25. The van der Waals surface area contributed by atoms with Crippen LogP contribution in [0, 0.1) is 8.48 Å². The van der Waals surface area contributed by atoms with Crippen LogP contribution in [-0.4, -0.2) is 10.9 Å². The Hall–Kier alpha value is -2.22. The molecule has 0 spiro atoms. The zero-order valence-electron chi connectivity index (χ0n) is 11.3. The number of para-hydroxylation sites is 1. The van der Waals surface area contributed by atoms with Crippen LogP contribution in [0.25, 0.3) is 10.9 Å². The molecule has 1 aliphatic heterocycles. The smallest absolute Gasteiger partial charge is 0.238 e. The zero-order chi connectivity index (χ0) is 15.3. The predicted molar refractivity (Wildman–Crippen MR) is 93.4 cm³/mol. The summed E-state index contributed by atoms with van der Waals surface area (Å²) in [6, 6.07) is 13.2. The Balaban J connectivity index is 1.98. The summed E-state index contributed by atoms with van der Waals surface area (Å²) in [5.41, 5.74) is 3.31. The van der Waals surface area contributed by atoms with E-state index in [9.17, 15) is 9.70 Å². The lowest BCUT2D eigenvalue weighted by atomic mass is 9.96. The number of nitrogens with zero attached hydrogens (tertiary/aromatic N) is 1. The number of amides is 1. The molecule has 1 unspecified atom stereocenters. The fourth-order valence-corrected chi connectivity index (χ4v) is 3.49. The van der Waals surface area contributed by atoms with Crippen LogP contribution in [-0.2, 0) is 4.79 Å². The average molecular weight is 403 g/mol. The number of nitroso groups, excluding NO2 is 1. The summed E-state index contributed by atoms with van der Waals surface area (Å²) in [4.78, 5) is 26.9. The lowest BCUT2D eigenvalue weighted by Gasteiger charge is -2.07. The number of hydrogen-bond acceptors (Lipinski definition) is 3. The first-order valence-corrected chi connectivity index (χ1v) is 7.81. The minimum absolute atomic E-state index is 0.145. The van der Waals surface area contributed by atoms with E-state index in [1.807, 2.05) is 42.5 Å². The molecule has 1 aliphatic rings. The molecule has 3 aromatic rings. The number of aromatic amines is 1. The van der Waals surface area contributed by atoms with Crippen molar-refractivity contribution in [3.05, 3.63) is 62.2 Å². The summed E-state index contributed by atoms with van der Waals surface area (Å²) < 4.78 is 1.04. The second-order valence-electron chi connectivity index (χ2n) is 5.18. The van der Waals surface area contributed by atoms with Crippen molar-refractivity contribution in [1.29, 1.82) is 0 Å². The Morgan fingerprint density at radius 1 is 1.14 bits per heavy atom. The van der Waals surface area contributed by atoms with E-state index >= 15 is 0 Å². The van der Waals surface area contributed by atoms with Gasteiger partial charge in [0, 0.05) is 20.2 Å². The van der Waals surface area contributed by atoms with Gasteiger partial charge in [0.15, 0.2) is 0 Å². The summed E-state index contributed by atoms with van der Waals surface area (Å²) in [6.07, 6.45) is 0. The maximum atomic E-state index is 12.4. The van der Waals surface area contributed by atoms with Crippen molar-refractivity contribution >= 4 is 50.8 Å². The van der Waals surface area contributed by atoms with Crippen LogP contribution in [0.3, 0.4) is 0 Å². The van der Waals surface area contributed by atoms with Gasteiger partial charge in [0.2, 0.25) is 5.91 Å². The molecule has 6 heteroatoms. The summed E-state index contributed by atoms with van der Waals surface area (Å²) in [5.74, 6) is -0.682. The van der Waals surface area contributed by atoms with Gasteiger partial charge in [0.25, 0.3) is 0 Å². The average Bonchev–Trinajstić information content (AvgIpc) is 3.03. The van der Waals surface area contributed by atoms with Gasteiger partial charge in [-0.05, 0) is 57.6 Å². The maximum absolute atomic E-state index is 12.4. The van der Waals surface area contributed by atoms with E-state index in [1.165, 1.54) is 0 Å². The number of H-pyrrole nitrogens is 1.